The number of hydrogen-bond donors (Lipinski definition) is 0. The van der Waals surface area contributed by atoms with Crippen LogP contribution >= 0.6 is 11.3 Å². The standard InChI is InChI=1S/C13H16BNO3S/c1-12(2)13(3,4)18-14(17-12)10-7-15-11(19-10)9-5-6-16-8-9/h5-8H,1-4H3. The summed E-state index contributed by atoms with van der Waals surface area (Å²) in [6.07, 6.45) is 5.15. The van der Waals surface area contributed by atoms with Crippen LogP contribution in [0.2, 0.25) is 0 Å². The maximum absolute atomic E-state index is 6.01. The zero-order chi connectivity index (χ0) is 13.7. The predicted molar refractivity (Wildman–Crippen MR) is 75.5 cm³/mol. The van der Waals surface area contributed by atoms with Crippen LogP contribution in [0.4, 0.5) is 0 Å². The smallest absolute Gasteiger partial charge is 0.472 e. The Morgan fingerprint density at radius 3 is 2.42 bits per heavy atom. The van der Waals surface area contributed by atoms with Gasteiger partial charge in [0.25, 0.3) is 0 Å². The van der Waals surface area contributed by atoms with Crippen molar-refractivity contribution < 1.29 is 13.7 Å². The third-order valence-electron chi connectivity index (χ3n) is 3.78. The Kier molecular flexibility index (Phi) is 2.85. The Balaban J connectivity index is 1.85. The second kappa shape index (κ2) is 4.20. The molecule has 0 bridgehead atoms. The predicted octanol–water partition coefficient (Wildman–Crippen LogP) is 2.70. The van der Waals surface area contributed by atoms with E-state index in [-0.39, 0.29) is 18.3 Å². The first kappa shape index (κ1) is 12.9. The Morgan fingerprint density at radius 2 is 1.84 bits per heavy atom. The molecule has 4 nitrogen and oxygen atoms in total. The molecule has 0 unspecified atom stereocenters. The fourth-order valence-electron chi connectivity index (χ4n) is 1.87. The van der Waals surface area contributed by atoms with Gasteiger partial charge in [0.05, 0.1) is 22.2 Å². The topological polar surface area (TPSA) is 44.5 Å². The lowest BCUT2D eigenvalue weighted by Gasteiger charge is -2.32. The van der Waals surface area contributed by atoms with Crippen LogP contribution in [0.5, 0.6) is 0 Å². The summed E-state index contributed by atoms with van der Waals surface area (Å²) in [7, 11) is -0.344. The molecule has 0 aromatic carbocycles. The lowest BCUT2D eigenvalue weighted by molar-refractivity contribution is 0.00578. The van der Waals surface area contributed by atoms with Crippen molar-refractivity contribution in [2.45, 2.75) is 38.9 Å². The molecule has 0 radical (unpaired) electrons. The average molecular weight is 277 g/mol. The number of rotatable bonds is 2. The number of furan rings is 1. The normalized spacial score (nSPS) is 20.9. The van der Waals surface area contributed by atoms with Gasteiger partial charge in [0, 0.05) is 11.8 Å². The summed E-state index contributed by atoms with van der Waals surface area (Å²) in [6, 6.07) is 1.90. The molecule has 0 N–H and O–H groups in total. The molecule has 100 valence electrons. The number of thiazole rings is 1. The van der Waals surface area contributed by atoms with E-state index in [0.717, 1.165) is 15.3 Å². The van der Waals surface area contributed by atoms with Crippen LogP contribution in [0, 0.1) is 0 Å². The molecule has 0 atom stereocenters. The highest BCUT2D eigenvalue weighted by Crippen LogP contribution is 2.37. The first-order valence-corrected chi connectivity index (χ1v) is 7.05. The Bertz CT molecular complexity index is 560. The van der Waals surface area contributed by atoms with Gasteiger partial charge in [-0.1, -0.05) is 0 Å². The summed E-state index contributed by atoms with van der Waals surface area (Å²) in [5.74, 6) is 0. The maximum Gasteiger partial charge on any atom is 0.507 e. The van der Waals surface area contributed by atoms with Crippen molar-refractivity contribution >= 4 is 23.2 Å². The second-order valence-corrected chi connectivity index (χ2v) is 6.73. The zero-order valence-electron chi connectivity index (χ0n) is 11.5. The minimum atomic E-state index is -0.344. The fraction of sp³-hybridized carbons (Fsp3) is 0.462. The fourth-order valence-corrected chi connectivity index (χ4v) is 2.73. The molecular formula is C13H16BNO3S. The molecular weight excluding hydrogens is 261 g/mol. The van der Waals surface area contributed by atoms with Gasteiger partial charge in [-0.15, -0.1) is 11.3 Å². The molecule has 0 aliphatic carbocycles. The van der Waals surface area contributed by atoms with E-state index < -0.39 is 0 Å². The van der Waals surface area contributed by atoms with Gasteiger partial charge >= 0.3 is 7.12 Å². The monoisotopic (exact) mass is 277 g/mol. The van der Waals surface area contributed by atoms with Crippen LogP contribution < -0.4 is 4.78 Å². The van der Waals surface area contributed by atoms with Gasteiger partial charge in [0.2, 0.25) is 0 Å². The molecule has 1 aliphatic rings. The van der Waals surface area contributed by atoms with E-state index in [4.69, 9.17) is 13.7 Å². The molecule has 1 saturated heterocycles. The van der Waals surface area contributed by atoms with E-state index in [2.05, 4.69) is 4.98 Å². The van der Waals surface area contributed by atoms with Crippen LogP contribution in [0.3, 0.4) is 0 Å². The van der Waals surface area contributed by atoms with Crippen molar-refractivity contribution in [2.75, 3.05) is 0 Å². The zero-order valence-corrected chi connectivity index (χ0v) is 12.3. The molecule has 1 aliphatic heterocycles. The van der Waals surface area contributed by atoms with Crippen LogP contribution in [0.1, 0.15) is 27.7 Å². The van der Waals surface area contributed by atoms with Gasteiger partial charge in [0.15, 0.2) is 0 Å². The van der Waals surface area contributed by atoms with Crippen LogP contribution in [-0.4, -0.2) is 23.3 Å². The molecule has 0 saturated carbocycles. The van der Waals surface area contributed by atoms with Crippen molar-refractivity contribution in [2.24, 2.45) is 0 Å². The van der Waals surface area contributed by atoms with Gasteiger partial charge < -0.3 is 13.7 Å². The first-order chi connectivity index (χ1) is 8.89. The largest absolute Gasteiger partial charge is 0.507 e. The molecule has 2 aromatic heterocycles. The van der Waals surface area contributed by atoms with E-state index in [0.29, 0.717) is 0 Å². The van der Waals surface area contributed by atoms with Crippen molar-refractivity contribution in [1.29, 1.82) is 0 Å². The van der Waals surface area contributed by atoms with Crippen LogP contribution in [0.15, 0.2) is 29.2 Å². The number of aromatic nitrogens is 1. The van der Waals surface area contributed by atoms with Crippen molar-refractivity contribution in [3.8, 4) is 10.6 Å². The van der Waals surface area contributed by atoms with Crippen molar-refractivity contribution in [3.05, 3.63) is 24.8 Å². The SMILES string of the molecule is CC1(C)OB(c2cnc(-c3ccoc3)s2)OC1(C)C. The maximum atomic E-state index is 6.01. The minimum absolute atomic E-state index is 0.322. The van der Waals surface area contributed by atoms with Crippen molar-refractivity contribution in [1.82, 2.24) is 4.98 Å². The lowest BCUT2D eigenvalue weighted by atomic mass is 9.89. The van der Waals surface area contributed by atoms with Crippen molar-refractivity contribution in [3.63, 3.8) is 0 Å². The third-order valence-corrected chi connectivity index (χ3v) is 4.85. The summed E-state index contributed by atoms with van der Waals surface area (Å²) in [6.45, 7) is 8.19. The van der Waals surface area contributed by atoms with E-state index in [1.165, 1.54) is 0 Å². The molecule has 19 heavy (non-hydrogen) atoms. The number of nitrogens with zero attached hydrogens (tertiary/aromatic N) is 1. The highest BCUT2D eigenvalue weighted by molar-refractivity contribution is 7.24. The summed E-state index contributed by atoms with van der Waals surface area (Å²) < 4.78 is 18.1. The summed E-state index contributed by atoms with van der Waals surface area (Å²) in [5.41, 5.74) is 0.335. The molecule has 0 spiro atoms. The highest BCUT2D eigenvalue weighted by atomic mass is 32.1. The highest BCUT2D eigenvalue weighted by Gasteiger charge is 2.52. The molecule has 2 aromatic rings. The minimum Gasteiger partial charge on any atom is -0.472 e. The molecule has 3 rings (SSSR count). The Hall–Kier alpha value is -1.11. The summed E-state index contributed by atoms with van der Waals surface area (Å²) >= 11 is 1.57. The molecule has 0 amide bonds. The Labute approximate surface area is 116 Å². The third kappa shape index (κ3) is 2.14. The second-order valence-electron chi connectivity index (χ2n) is 5.67. The number of hydrogen-bond acceptors (Lipinski definition) is 5. The van der Waals surface area contributed by atoms with Gasteiger partial charge in [0.1, 0.15) is 11.3 Å². The van der Waals surface area contributed by atoms with E-state index in [1.807, 2.05) is 40.0 Å². The summed E-state index contributed by atoms with van der Waals surface area (Å²) in [5, 5.41) is 0.915. The van der Waals surface area contributed by atoms with Crippen LogP contribution in [-0.2, 0) is 9.31 Å². The average Bonchev–Trinajstić information content (AvgIpc) is 3.00. The van der Waals surface area contributed by atoms with Gasteiger partial charge in [-0.25, -0.2) is 4.98 Å². The molecule has 6 heteroatoms. The quantitative estimate of drug-likeness (QED) is 0.792. The first-order valence-electron chi connectivity index (χ1n) is 6.23. The Morgan fingerprint density at radius 1 is 1.16 bits per heavy atom. The van der Waals surface area contributed by atoms with E-state index in [9.17, 15) is 0 Å². The van der Waals surface area contributed by atoms with E-state index in [1.54, 1.807) is 23.9 Å². The van der Waals surface area contributed by atoms with Gasteiger partial charge in [-0.3, -0.25) is 0 Å². The van der Waals surface area contributed by atoms with Crippen LogP contribution in [0.25, 0.3) is 10.6 Å². The molecule has 3 heterocycles. The van der Waals surface area contributed by atoms with Gasteiger partial charge in [-0.2, -0.15) is 0 Å². The lowest BCUT2D eigenvalue weighted by Crippen LogP contribution is -2.41. The van der Waals surface area contributed by atoms with Gasteiger partial charge in [-0.05, 0) is 33.8 Å². The summed E-state index contributed by atoms with van der Waals surface area (Å²) in [4.78, 5) is 4.40. The molecule has 1 fully saturated rings. The van der Waals surface area contributed by atoms with E-state index >= 15 is 0 Å².